The number of rotatable bonds is 10. The van der Waals surface area contributed by atoms with Gasteiger partial charge in [0.2, 0.25) is 0 Å². The summed E-state index contributed by atoms with van der Waals surface area (Å²) >= 11 is 0. The van der Waals surface area contributed by atoms with Crippen LogP contribution in [0.5, 0.6) is 11.5 Å². The zero-order valence-electron chi connectivity index (χ0n) is 12.5. The number of aryl methyl sites for hydroxylation is 1. The quantitative estimate of drug-likeness (QED) is 0.670. The molecule has 0 saturated carbocycles. The van der Waals surface area contributed by atoms with Gasteiger partial charge >= 0.3 is 0 Å². The summed E-state index contributed by atoms with van der Waals surface area (Å²) in [6.07, 6.45) is 2.61. The minimum absolute atomic E-state index is 0.241. The lowest BCUT2D eigenvalue weighted by molar-refractivity contribution is 0.199. The third-order valence-corrected chi connectivity index (χ3v) is 3.09. The summed E-state index contributed by atoms with van der Waals surface area (Å²) in [7, 11) is 4.74. The van der Waals surface area contributed by atoms with Gasteiger partial charge in [0, 0.05) is 19.7 Å². The molecule has 1 rings (SSSR count). The normalized spacial score (nSPS) is 10.6. The molecule has 0 amide bonds. The van der Waals surface area contributed by atoms with Gasteiger partial charge in [0.05, 0.1) is 20.8 Å². The van der Waals surface area contributed by atoms with E-state index in [-0.39, 0.29) is 5.82 Å². The Labute approximate surface area is 120 Å². The molecular formula is C15H24FNO3. The van der Waals surface area contributed by atoms with E-state index in [1.54, 1.807) is 20.3 Å². The number of hydrogen-bond acceptors (Lipinski definition) is 4. The van der Waals surface area contributed by atoms with Crippen LogP contribution in [0.3, 0.4) is 0 Å². The van der Waals surface area contributed by atoms with E-state index in [0.717, 1.165) is 25.9 Å². The van der Waals surface area contributed by atoms with Gasteiger partial charge in [0.25, 0.3) is 0 Å². The maximum atomic E-state index is 13.9. The molecule has 0 spiro atoms. The Kier molecular flexibility index (Phi) is 7.99. The molecule has 1 aromatic rings. The highest BCUT2D eigenvalue weighted by atomic mass is 19.1. The van der Waals surface area contributed by atoms with Gasteiger partial charge < -0.3 is 19.5 Å². The third kappa shape index (κ3) is 5.35. The standard InChI is InChI=1S/C15H24FNO3/c1-18-9-8-17-7-5-4-6-12-10-14(19-2)15(20-3)11-13(12)16/h10-11,17H,4-9H2,1-3H3. The second-order valence-electron chi connectivity index (χ2n) is 4.50. The Bertz CT molecular complexity index is 399. The lowest BCUT2D eigenvalue weighted by Crippen LogP contribution is -2.20. The van der Waals surface area contributed by atoms with E-state index < -0.39 is 0 Å². The van der Waals surface area contributed by atoms with E-state index >= 15 is 0 Å². The Balaban J connectivity index is 2.40. The van der Waals surface area contributed by atoms with Crippen molar-refractivity contribution in [3.05, 3.63) is 23.5 Å². The first kappa shape index (κ1) is 16.7. The summed E-state index contributed by atoms with van der Waals surface area (Å²) < 4.78 is 29.1. The van der Waals surface area contributed by atoms with Gasteiger partial charge in [-0.15, -0.1) is 0 Å². The highest BCUT2D eigenvalue weighted by Crippen LogP contribution is 2.30. The van der Waals surface area contributed by atoms with Crippen LogP contribution in [0.15, 0.2) is 12.1 Å². The van der Waals surface area contributed by atoms with E-state index in [1.165, 1.54) is 13.2 Å². The van der Waals surface area contributed by atoms with Crippen molar-refractivity contribution in [1.29, 1.82) is 0 Å². The Hall–Kier alpha value is -1.33. The topological polar surface area (TPSA) is 39.7 Å². The number of ether oxygens (including phenoxy) is 3. The van der Waals surface area contributed by atoms with Crippen LogP contribution in [0.1, 0.15) is 18.4 Å². The molecule has 0 aliphatic heterocycles. The first-order chi connectivity index (χ1) is 9.72. The fourth-order valence-electron chi connectivity index (χ4n) is 1.95. The monoisotopic (exact) mass is 285 g/mol. The van der Waals surface area contributed by atoms with Crippen molar-refractivity contribution >= 4 is 0 Å². The summed E-state index contributed by atoms with van der Waals surface area (Å²) in [6, 6.07) is 3.09. The van der Waals surface area contributed by atoms with Crippen LogP contribution in [-0.4, -0.2) is 41.0 Å². The molecular weight excluding hydrogens is 261 g/mol. The molecule has 5 heteroatoms. The summed E-state index contributed by atoms with van der Waals surface area (Å²) in [5, 5.41) is 3.26. The second kappa shape index (κ2) is 9.55. The summed E-state index contributed by atoms with van der Waals surface area (Å²) in [5.74, 6) is 0.757. The van der Waals surface area contributed by atoms with E-state index in [4.69, 9.17) is 14.2 Å². The van der Waals surface area contributed by atoms with Crippen LogP contribution in [0.25, 0.3) is 0 Å². The molecule has 0 bridgehead atoms. The lowest BCUT2D eigenvalue weighted by atomic mass is 10.1. The minimum Gasteiger partial charge on any atom is -0.493 e. The van der Waals surface area contributed by atoms with E-state index in [2.05, 4.69) is 5.32 Å². The average Bonchev–Trinajstić information content (AvgIpc) is 2.47. The summed E-state index contributed by atoms with van der Waals surface area (Å²) in [4.78, 5) is 0. The predicted molar refractivity (Wildman–Crippen MR) is 77.2 cm³/mol. The second-order valence-corrected chi connectivity index (χ2v) is 4.50. The number of unbranched alkanes of at least 4 members (excludes halogenated alkanes) is 1. The zero-order valence-corrected chi connectivity index (χ0v) is 12.5. The van der Waals surface area contributed by atoms with Gasteiger partial charge in [-0.25, -0.2) is 4.39 Å². The maximum absolute atomic E-state index is 13.9. The van der Waals surface area contributed by atoms with Crippen molar-refractivity contribution in [3.63, 3.8) is 0 Å². The molecule has 0 aromatic heterocycles. The van der Waals surface area contributed by atoms with Crippen LogP contribution in [0.4, 0.5) is 4.39 Å². The first-order valence-corrected chi connectivity index (χ1v) is 6.83. The summed E-state index contributed by atoms with van der Waals surface area (Å²) in [5.41, 5.74) is 0.666. The summed E-state index contributed by atoms with van der Waals surface area (Å²) in [6.45, 7) is 2.48. The van der Waals surface area contributed by atoms with Gasteiger partial charge in [-0.2, -0.15) is 0 Å². The smallest absolute Gasteiger partial charge is 0.163 e. The molecule has 0 fully saturated rings. The molecule has 0 saturated heterocycles. The van der Waals surface area contributed by atoms with Crippen molar-refractivity contribution in [2.75, 3.05) is 41.0 Å². The van der Waals surface area contributed by atoms with Crippen LogP contribution >= 0.6 is 0 Å². The van der Waals surface area contributed by atoms with Crippen LogP contribution in [0, 0.1) is 5.82 Å². The number of nitrogens with one attached hydrogen (secondary N) is 1. The fraction of sp³-hybridized carbons (Fsp3) is 0.600. The molecule has 0 heterocycles. The Morgan fingerprint density at radius 1 is 1.00 bits per heavy atom. The van der Waals surface area contributed by atoms with Gasteiger partial charge in [0.1, 0.15) is 5.82 Å². The molecule has 1 N–H and O–H groups in total. The van der Waals surface area contributed by atoms with Gasteiger partial charge in [-0.3, -0.25) is 0 Å². The van der Waals surface area contributed by atoms with E-state index in [9.17, 15) is 4.39 Å². The molecule has 114 valence electrons. The SMILES string of the molecule is COCCNCCCCc1cc(OC)c(OC)cc1F. The Morgan fingerprint density at radius 2 is 1.70 bits per heavy atom. The minimum atomic E-state index is -0.241. The van der Waals surface area contributed by atoms with Crippen molar-refractivity contribution < 1.29 is 18.6 Å². The van der Waals surface area contributed by atoms with Crippen LogP contribution in [-0.2, 0) is 11.2 Å². The van der Waals surface area contributed by atoms with Crippen molar-refractivity contribution in [3.8, 4) is 11.5 Å². The van der Waals surface area contributed by atoms with Crippen molar-refractivity contribution in [1.82, 2.24) is 5.32 Å². The number of methoxy groups -OCH3 is 3. The molecule has 0 aliphatic rings. The molecule has 0 radical (unpaired) electrons. The fourth-order valence-corrected chi connectivity index (χ4v) is 1.95. The molecule has 20 heavy (non-hydrogen) atoms. The highest BCUT2D eigenvalue weighted by molar-refractivity contribution is 5.43. The van der Waals surface area contributed by atoms with Gasteiger partial charge in [-0.1, -0.05) is 0 Å². The van der Waals surface area contributed by atoms with E-state index in [1.807, 2.05) is 0 Å². The Morgan fingerprint density at radius 3 is 2.35 bits per heavy atom. The van der Waals surface area contributed by atoms with Gasteiger partial charge in [-0.05, 0) is 37.4 Å². The predicted octanol–water partition coefficient (Wildman–Crippen LogP) is 2.40. The van der Waals surface area contributed by atoms with Crippen molar-refractivity contribution in [2.45, 2.75) is 19.3 Å². The highest BCUT2D eigenvalue weighted by Gasteiger charge is 2.10. The number of halogens is 1. The molecule has 0 aliphatic carbocycles. The van der Waals surface area contributed by atoms with E-state index in [0.29, 0.717) is 30.1 Å². The van der Waals surface area contributed by atoms with Gasteiger partial charge in [0.15, 0.2) is 11.5 Å². The third-order valence-electron chi connectivity index (χ3n) is 3.09. The zero-order chi connectivity index (χ0) is 14.8. The molecule has 0 atom stereocenters. The van der Waals surface area contributed by atoms with Crippen LogP contribution < -0.4 is 14.8 Å². The largest absolute Gasteiger partial charge is 0.493 e. The molecule has 1 aromatic carbocycles. The molecule has 0 unspecified atom stereocenters. The van der Waals surface area contributed by atoms with Crippen molar-refractivity contribution in [2.24, 2.45) is 0 Å². The maximum Gasteiger partial charge on any atom is 0.163 e. The lowest BCUT2D eigenvalue weighted by Gasteiger charge is -2.11. The first-order valence-electron chi connectivity index (χ1n) is 6.83. The average molecular weight is 285 g/mol. The van der Waals surface area contributed by atoms with Crippen LogP contribution in [0.2, 0.25) is 0 Å². The number of benzene rings is 1. The number of hydrogen-bond donors (Lipinski definition) is 1. The molecule has 4 nitrogen and oxygen atoms in total.